The van der Waals surface area contributed by atoms with Gasteiger partial charge >= 0.3 is 0 Å². The van der Waals surface area contributed by atoms with Crippen molar-refractivity contribution >= 4 is 17.6 Å². The number of aliphatic imine (C=N–C) groups is 1. The van der Waals surface area contributed by atoms with Crippen molar-refractivity contribution in [2.45, 2.75) is 46.7 Å². The van der Waals surface area contributed by atoms with Crippen molar-refractivity contribution in [3.05, 3.63) is 53.6 Å². The molecule has 2 aromatic carbocycles. The minimum atomic E-state index is -0.0631. The average molecular weight is 427 g/mol. The molecule has 2 rings (SSSR count). The van der Waals surface area contributed by atoms with Gasteiger partial charge in [0.05, 0.1) is 20.3 Å². The fraction of sp³-hybridized carbons (Fsp3) is 0.417. The number of amides is 1. The van der Waals surface area contributed by atoms with E-state index in [1.165, 1.54) is 0 Å². The highest BCUT2D eigenvalue weighted by Crippen LogP contribution is 2.30. The topological polar surface area (TPSA) is 84.0 Å². The highest BCUT2D eigenvalue weighted by Gasteiger charge is 2.10. The highest BCUT2D eigenvalue weighted by molar-refractivity contribution is 5.95. The van der Waals surface area contributed by atoms with Gasteiger partial charge in [-0.2, -0.15) is 0 Å². The van der Waals surface area contributed by atoms with Crippen LogP contribution in [0.2, 0.25) is 0 Å². The second kappa shape index (κ2) is 12.5. The lowest BCUT2D eigenvalue weighted by Gasteiger charge is -2.15. The van der Waals surface area contributed by atoms with Crippen molar-refractivity contribution in [2.75, 3.05) is 25.6 Å². The molecule has 3 N–H and O–H groups in total. The normalized spacial score (nSPS) is 12.1. The van der Waals surface area contributed by atoms with Crippen LogP contribution in [0.1, 0.15) is 50.0 Å². The molecule has 0 radical (unpaired) electrons. The number of carbonyl (C=O) groups is 1. The van der Waals surface area contributed by atoms with Crippen molar-refractivity contribution in [1.29, 1.82) is 0 Å². The molecule has 1 unspecified atom stereocenters. The molecule has 0 spiro atoms. The zero-order valence-corrected chi connectivity index (χ0v) is 19.1. The number of ether oxygens (including phenoxy) is 2. The molecule has 7 nitrogen and oxygen atoms in total. The van der Waals surface area contributed by atoms with Crippen LogP contribution in [-0.4, -0.2) is 38.2 Å². The summed E-state index contributed by atoms with van der Waals surface area (Å²) in [5.41, 5.74) is 2.44. The summed E-state index contributed by atoms with van der Waals surface area (Å²) in [4.78, 5) is 17.1. The lowest BCUT2D eigenvalue weighted by Crippen LogP contribution is -2.32. The number of nitrogens with zero attached hydrogens (tertiary/aromatic N) is 1. The van der Waals surface area contributed by atoms with Crippen LogP contribution in [-0.2, 0) is 6.54 Å². The standard InChI is InChI=1S/C24H34N4O3/c1-6-17(4)27-23(29)19-11-9-10-18(14-19)16-26-24(25-7-2)28-20-12-13-21(30-5)22(15-20)31-8-3/h9-15,17H,6-8,16H2,1-5H3,(H,27,29)(H2,25,26,28). The van der Waals surface area contributed by atoms with Crippen LogP contribution >= 0.6 is 0 Å². The van der Waals surface area contributed by atoms with E-state index in [0.717, 1.165) is 24.2 Å². The molecule has 1 amide bonds. The maximum absolute atomic E-state index is 12.4. The van der Waals surface area contributed by atoms with Gasteiger partial charge < -0.3 is 25.4 Å². The molecule has 0 aliphatic carbocycles. The predicted octanol–water partition coefficient (Wildman–Crippen LogP) is 4.20. The zero-order chi connectivity index (χ0) is 22.6. The van der Waals surface area contributed by atoms with Crippen LogP contribution in [0.15, 0.2) is 47.5 Å². The number of hydrogen-bond donors (Lipinski definition) is 3. The number of carbonyl (C=O) groups excluding carboxylic acids is 1. The molecular formula is C24H34N4O3. The molecule has 0 saturated carbocycles. The van der Waals surface area contributed by atoms with Gasteiger partial charge in [-0.25, -0.2) is 4.99 Å². The van der Waals surface area contributed by atoms with Gasteiger partial charge in [-0.05, 0) is 57.0 Å². The lowest BCUT2D eigenvalue weighted by atomic mass is 10.1. The quantitative estimate of drug-likeness (QED) is 0.392. The summed E-state index contributed by atoms with van der Waals surface area (Å²) >= 11 is 0. The van der Waals surface area contributed by atoms with Crippen LogP contribution in [0.4, 0.5) is 5.69 Å². The van der Waals surface area contributed by atoms with Crippen molar-refractivity contribution < 1.29 is 14.3 Å². The number of hydrogen-bond acceptors (Lipinski definition) is 4. The van der Waals surface area contributed by atoms with Crippen LogP contribution < -0.4 is 25.4 Å². The Morgan fingerprint density at radius 2 is 1.90 bits per heavy atom. The number of benzene rings is 2. The first-order valence-corrected chi connectivity index (χ1v) is 10.8. The zero-order valence-electron chi connectivity index (χ0n) is 19.1. The van der Waals surface area contributed by atoms with Gasteiger partial charge in [0, 0.05) is 29.9 Å². The first-order valence-electron chi connectivity index (χ1n) is 10.8. The van der Waals surface area contributed by atoms with Gasteiger partial charge in [0.2, 0.25) is 0 Å². The predicted molar refractivity (Wildman–Crippen MR) is 126 cm³/mol. The summed E-state index contributed by atoms with van der Waals surface area (Å²) in [6.45, 7) is 9.70. The van der Waals surface area contributed by atoms with E-state index in [1.54, 1.807) is 7.11 Å². The molecule has 0 heterocycles. The minimum absolute atomic E-state index is 0.0631. The lowest BCUT2D eigenvalue weighted by molar-refractivity contribution is 0.0939. The molecule has 2 aromatic rings. The number of anilines is 1. The summed E-state index contributed by atoms with van der Waals surface area (Å²) in [5, 5.41) is 9.53. The Bertz CT molecular complexity index is 883. The van der Waals surface area contributed by atoms with E-state index in [9.17, 15) is 4.79 Å². The Balaban J connectivity index is 2.14. The van der Waals surface area contributed by atoms with Gasteiger partial charge in [-0.1, -0.05) is 19.1 Å². The van der Waals surface area contributed by atoms with Gasteiger partial charge in [0.25, 0.3) is 5.91 Å². The van der Waals surface area contributed by atoms with Crippen molar-refractivity contribution in [3.63, 3.8) is 0 Å². The third-order valence-electron chi connectivity index (χ3n) is 4.67. The number of guanidine groups is 1. The third kappa shape index (κ3) is 7.51. The molecule has 0 aromatic heterocycles. The smallest absolute Gasteiger partial charge is 0.251 e. The fourth-order valence-electron chi connectivity index (χ4n) is 2.86. The molecule has 0 fully saturated rings. The van der Waals surface area contributed by atoms with E-state index in [0.29, 0.717) is 36.2 Å². The van der Waals surface area contributed by atoms with Crippen LogP contribution in [0.3, 0.4) is 0 Å². The van der Waals surface area contributed by atoms with E-state index >= 15 is 0 Å². The second-order valence-corrected chi connectivity index (χ2v) is 7.10. The summed E-state index contributed by atoms with van der Waals surface area (Å²) in [5.74, 6) is 1.93. The first-order chi connectivity index (χ1) is 15.0. The molecule has 1 atom stereocenters. The second-order valence-electron chi connectivity index (χ2n) is 7.10. The molecule has 7 heteroatoms. The fourth-order valence-corrected chi connectivity index (χ4v) is 2.86. The largest absolute Gasteiger partial charge is 0.493 e. The molecule has 31 heavy (non-hydrogen) atoms. The van der Waals surface area contributed by atoms with Crippen LogP contribution in [0.25, 0.3) is 0 Å². The number of rotatable bonds is 10. The van der Waals surface area contributed by atoms with Gasteiger partial charge in [0.15, 0.2) is 17.5 Å². The molecule has 0 bridgehead atoms. The molecule has 0 saturated heterocycles. The van der Waals surface area contributed by atoms with E-state index < -0.39 is 0 Å². The van der Waals surface area contributed by atoms with Crippen molar-refractivity contribution in [2.24, 2.45) is 4.99 Å². The summed E-state index contributed by atoms with van der Waals surface area (Å²) in [6.07, 6.45) is 0.893. The van der Waals surface area contributed by atoms with E-state index in [-0.39, 0.29) is 11.9 Å². The van der Waals surface area contributed by atoms with E-state index in [2.05, 4.69) is 20.9 Å². The maximum Gasteiger partial charge on any atom is 0.251 e. The summed E-state index contributed by atoms with van der Waals surface area (Å²) in [7, 11) is 1.62. The van der Waals surface area contributed by atoms with Crippen LogP contribution in [0, 0.1) is 0 Å². The Labute approximate surface area is 185 Å². The minimum Gasteiger partial charge on any atom is -0.493 e. The Morgan fingerprint density at radius 3 is 2.58 bits per heavy atom. The SMILES string of the molecule is CCNC(=NCc1cccc(C(=O)NC(C)CC)c1)Nc1ccc(OC)c(OCC)c1. The van der Waals surface area contributed by atoms with E-state index in [1.807, 2.05) is 70.2 Å². The molecular weight excluding hydrogens is 392 g/mol. The monoisotopic (exact) mass is 426 g/mol. The summed E-state index contributed by atoms with van der Waals surface area (Å²) < 4.78 is 11.0. The Kier molecular flexibility index (Phi) is 9.68. The Hall–Kier alpha value is -3.22. The van der Waals surface area contributed by atoms with E-state index in [4.69, 9.17) is 9.47 Å². The highest BCUT2D eigenvalue weighted by atomic mass is 16.5. The molecule has 168 valence electrons. The van der Waals surface area contributed by atoms with Crippen molar-refractivity contribution in [1.82, 2.24) is 10.6 Å². The van der Waals surface area contributed by atoms with Crippen LogP contribution in [0.5, 0.6) is 11.5 Å². The number of nitrogens with one attached hydrogen (secondary N) is 3. The first kappa shape index (κ1) is 24.1. The molecule has 0 aliphatic heterocycles. The maximum atomic E-state index is 12.4. The van der Waals surface area contributed by atoms with Crippen molar-refractivity contribution in [3.8, 4) is 11.5 Å². The summed E-state index contributed by atoms with van der Waals surface area (Å²) in [6, 6.07) is 13.3. The molecule has 0 aliphatic rings. The Morgan fingerprint density at radius 1 is 1.10 bits per heavy atom. The number of methoxy groups -OCH3 is 1. The van der Waals surface area contributed by atoms with Gasteiger partial charge in [-0.3, -0.25) is 4.79 Å². The third-order valence-corrected chi connectivity index (χ3v) is 4.67. The average Bonchev–Trinajstić information content (AvgIpc) is 2.78. The van der Waals surface area contributed by atoms with Gasteiger partial charge in [0.1, 0.15) is 0 Å². The van der Waals surface area contributed by atoms with Gasteiger partial charge in [-0.15, -0.1) is 0 Å².